The molecule has 0 bridgehead atoms. The van der Waals surface area contributed by atoms with Gasteiger partial charge < -0.3 is 21.0 Å². The van der Waals surface area contributed by atoms with Crippen LogP contribution in [0.15, 0.2) is 23.4 Å². The third-order valence-electron chi connectivity index (χ3n) is 2.80. The first-order valence-corrected chi connectivity index (χ1v) is 6.15. The SMILES string of the molecule is CCCC(C(=O)Nc1cc(OC)ccc1F)/C(N)=N/O. The summed E-state index contributed by atoms with van der Waals surface area (Å²) in [6.07, 6.45) is 1.06. The van der Waals surface area contributed by atoms with Crippen LogP contribution in [0.25, 0.3) is 0 Å². The molecule has 1 unspecified atom stereocenters. The van der Waals surface area contributed by atoms with Crippen LogP contribution in [0.5, 0.6) is 5.75 Å². The Morgan fingerprint density at radius 1 is 1.60 bits per heavy atom. The molecule has 0 aliphatic rings. The number of amides is 1. The van der Waals surface area contributed by atoms with Crippen molar-refractivity contribution in [2.24, 2.45) is 16.8 Å². The Hall–Kier alpha value is -2.31. The highest BCUT2D eigenvalue weighted by atomic mass is 19.1. The minimum Gasteiger partial charge on any atom is -0.497 e. The van der Waals surface area contributed by atoms with Crippen LogP contribution in [0, 0.1) is 11.7 Å². The zero-order valence-corrected chi connectivity index (χ0v) is 11.4. The molecule has 0 heterocycles. The number of anilines is 1. The van der Waals surface area contributed by atoms with Gasteiger partial charge in [0.2, 0.25) is 5.91 Å². The smallest absolute Gasteiger partial charge is 0.235 e. The Labute approximate surface area is 116 Å². The lowest BCUT2D eigenvalue weighted by molar-refractivity contribution is -0.118. The second-order valence-electron chi connectivity index (χ2n) is 4.20. The van der Waals surface area contributed by atoms with E-state index < -0.39 is 17.6 Å². The minimum atomic E-state index is -0.810. The number of rotatable bonds is 6. The number of methoxy groups -OCH3 is 1. The number of nitrogens with zero attached hydrogens (tertiary/aromatic N) is 1. The van der Waals surface area contributed by atoms with E-state index in [0.717, 1.165) is 0 Å². The van der Waals surface area contributed by atoms with Gasteiger partial charge in [0.25, 0.3) is 0 Å². The third-order valence-corrected chi connectivity index (χ3v) is 2.80. The first-order chi connectivity index (χ1) is 9.53. The zero-order chi connectivity index (χ0) is 15.1. The molecule has 20 heavy (non-hydrogen) atoms. The second-order valence-corrected chi connectivity index (χ2v) is 4.20. The molecular formula is C13H18FN3O3. The van der Waals surface area contributed by atoms with Crippen molar-refractivity contribution in [3.05, 3.63) is 24.0 Å². The van der Waals surface area contributed by atoms with E-state index in [2.05, 4.69) is 10.5 Å². The summed E-state index contributed by atoms with van der Waals surface area (Å²) in [6.45, 7) is 1.86. The van der Waals surface area contributed by atoms with Crippen LogP contribution in [-0.4, -0.2) is 24.1 Å². The van der Waals surface area contributed by atoms with E-state index in [4.69, 9.17) is 15.7 Å². The molecule has 0 aliphatic heterocycles. The fraction of sp³-hybridized carbons (Fsp3) is 0.385. The first kappa shape index (κ1) is 15.7. The molecule has 0 saturated carbocycles. The summed E-state index contributed by atoms with van der Waals surface area (Å²) in [5.41, 5.74) is 5.46. The van der Waals surface area contributed by atoms with Crippen LogP contribution >= 0.6 is 0 Å². The topological polar surface area (TPSA) is 96.9 Å². The maximum atomic E-state index is 13.6. The number of ether oxygens (including phenoxy) is 1. The molecule has 0 fully saturated rings. The number of benzene rings is 1. The molecule has 0 aliphatic carbocycles. The molecule has 6 nitrogen and oxygen atoms in total. The monoisotopic (exact) mass is 283 g/mol. The van der Waals surface area contributed by atoms with E-state index in [1.165, 1.54) is 25.3 Å². The van der Waals surface area contributed by atoms with Gasteiger partial charge in [-0.25, -0.2) is 4.39 Å². The maximum Gasteiger partial charge on any atom is 0.235 e. The quantitative estimate of drug-likeness (QED) is 0.321. The van der Waals surface area contributed by atoms with Gasteiger partial charge in [0.05, 0.1) is 18.7 Å². The molecule has 4 N–H and O–H groups in total. The van der Waals surface area contributed by atoms with Gasteiger partial charge in [-0.15, -0.1) is 0 Å². The average Bonchev–Trinajstić information content (AvgIpc) is 2.46. The molecule has 7 heteroatoms. The van der Waals surface area contributed by atoms with Gasteiger partial charge in [-0.3, -0.25) is 4.79 Å². The summed E-state index contributed by atoms with van der Waals surface area (Å²) in [7, 11) is 1.44. The van der Waals surface area contributed by atoms with Crippen molar-refractivity contribution < 1.29 is 19.1 Å². The van der Waals surface area contributed by atoms with Crippen molar-refractivity contribution in [2.75, 3.05) is 12.4 Å². The maximum absolute atomic E-state index is 13.6. The number of oxime groups is 1. The number of hydrogen-bond donors (Lipinski definition) is 3. The van der Waals surface area contributed by atoms with Crippen molar-refractivity contribution in [1.29, 1.82) is 0 Å². The summed E-state index contributed by atoms with van der Waals surface area (Å²) >= 11 is 0. The standard InChI is InChI=1S/C13H18FN3O3/c1-3-4-9(12(15)17-19)13(18)16-11-7-8(20-2)5-6-10(11)14/h5-7,9,19H,3-4H2,1-2H3,(H2,15,17)(H,16,18). The summed E-state index contributed by atoms with van der Waals surface area (Å²) in [5, 5.41) is 13.9. The predicted octanol–water partition coefficient (Wildman–Crippen LogP) is 1.94. The van der Waals surface area contributed by atoms with Gasteiger partial charge in [-0.1, -0.05) is 18.5 Å². The van der Waals surface area contributed by atoms with Crippen molar-refractivity contribution in [3.8, 4) is 5.75 Å². The van der Waals surface area contributed by atoms with Gasteiger partial charge in [-0.2, -0.15) is 0 Å². The molecule has 0 aromatic heterocycles. The lowest BCUT2D eigenvalue weighted by Gasteiger charge is -2.15. The largest absolute Gasteiger partial charge is 0.497 e. The number of halogens is 1. The van der Waals surface area contributed by atoms with Gasteiger partial charge >= 0.3 is 0 Å². The van der Waals surface area contributed by atoms with E-state index >= 15 is 0 Å². The molecule has 0 saturated heterocycles. The molecule has 0 radical (unpaired) electrons. The molecule has 1 aromatic carbocycles. The van der Waals surface area contributed by atoms with Crippen LogP contribution in [0.4, 0.5) is 10.1 Å². The molecular weight excluding hydrogens is 265 g/mol. The molecule has 110 valence electrons. The number of nitrogens with two attached hydrogens (primary N) is 1. The number of nitrogens with one attached hydrogen (secondary N) is 1. The third kappa shape index (κ3) is 3.84. The minimum absolute atomic E-state index is 0.0128. The van der Waals surface area contributed by atoms with Gasteiger partial charge in [-0.05, 0) is 18.6 Å². The highest BCUT2D eigenvalue weighted by molar-refractivity contribution is 6.07. The fourth-order valence-electron chi connectivity index (χ4n) is 1.72. The second kappa shape index (κ2) is 7.32. The summed E-state index contributed by atoms with van der Waals surface area (Å²) in [5.74, 6) is -1.72. The molecule has 1 atom stereocenters. The van der Waals surface area contributed by atoms with Gasteiger partial charge in [0.15, 0.2) is 5.84 Å². The molecule has 1 aromatic rings. The predicted molar refractivity (Wildman–Crippen MR) is 73.4 cm³/mol. The average molecular weight is 283 g/mol. The van der Waals surface area contributed by atoms with E-state index in [1.54, 1.807) is 0 Å². The highest BCUT2D eigenvalue weighted by Gasteiger charge is 2.23. The molecule has 1 amide bonds. The van der Waals surface area contributed by atoms with Crippen LogP contribution in [0.1, 0.15) is 19.8 Å². The van der Waals surface area contributed by atoms with Gasteiger partial charge in [0, 0.05) is 6.07 Å². The van der Waals surface area contributed by atoms with Gasteiger partial charge in [0.1, 0.15) is 11.6 Å². The van der Waals surface area contributed by atoms with Crippen LogP contribution in [-0.2, 0) is 4.79 Å². The zero-order valence-electron chi connectivity index (χ0n) is 11.4. The molecule has 0 spiro atoms. The number of carbonyl (C=O) groups is 1. The lowest BCUT2D eigenvalue weighted by atomic mass is 10.0. The van der Waals surface area contributed by atoms with E-state index in [0.29, 0.717) is 18.6 Å². The Morgan fingerprint density at radius 2 is 2.30 bits per heavy atom. The summed E-state index contributed by atoms with van der Waals surface area (Å²) in [4.78, 5) is 12.1. The summed E-state index contributed by atoms with van der Waals surface area (Å²) < 4.78 is 18.6. The lowest BCUT2D eigenvalue weighted by Crippen LogP contribution is -2.34. The van der Waals surface area contributed by atoms with E-state index in [9.17, 15) is 9.18 Å². The fourth-order valence-corrected chi connectivity index (χ4v) is 1.72. The summed E-state index contributed by atoms with van der Waals surface area (Å²) in [6, 6.07) is 3.99. The van der Waals surface area contributed by atoms with E-state index in [-0.39, 0.29) is 11.5 Å². The molecule has 1 rings (SSSR count). The number of hydrogen-bond acceptors (Lipinski definition) is 4. The van der Waals surface area contributed by atoms with Crippen LogP contribution < -0.4 is 15.8 Å². The van der Waals surface area contributed by atoms with E-state index in [1.807, 2.05) is 6.92 Å². The first-order valence-electron chi connectivity index (χ1n) is 6.15. The van der Waals surface area contributed by atoms with Crippen LogP contribution in [0.2, 0.25) is 0 Å². The number of carbonyl (C=O) groups excluding carboxylic acids is 1. The van der Waals surface area contributed by atoms with Crippen molar-refractivity contribution in [2.45, 2.75) is 19.8 Å². The Bertz CT molecular complexity index is 506. The van der Waals surface area contributed by atoms with Crippen molar-refractivity contribution in [1.82, 2.24) is 0 Å². The van der Waals surface area contributed by atoms with Crippen molar-refractivity contribution in [3.63, 3.8) is 0 Å². The van der Waals surface area contributed by atoms with Crippen LogP contribution in [0.3, 0.4) is 0 Å². The number of amidine groups is 1. The normalized spacial score (nSPS) is 12.8. The highest BCUT2D eigenvalue weighted by Crippen LogP contribution is 2.22. The Kier molecular flexibility index (Phi) is 5.76. The Morgan fingerprint density at radius 3 is 2.85 bits per heavy atom. The van der Waals surface area contributed by atoms with Crippen molar-refractivity contribution >= 4 is 17.4 Å². The Balaban J connectivity index is 2.93.